The molecule has 1 heterocycles. The van der Waals surface area contributed by atoms with Gasteiger partial charge in [-0.25, -0.2) is 0 Å². The molecule has 0 N–H and O–H groups in total. The van der Waals surface area contributed by atoms with Gasteiger partial charge in [0.1, 0.15) is 0 Å². The van der Waals surface area contributed by atoms with E-state index in [1.165, 1.54) is 5.56 Å². The summed E-state index contributed by atoms with van der Waals surface area (Å²) in [6.07, 6.45) is 3.19. The Labute approximate surface area is 78.2 Å². The molecule has 68 valence electrons. The van der Waals surface area contributed by atoms with Crippen LogP contribution in [0.1, 0.15) is 24.4 Å². The van der Waals surface area contributed by atoms with Crippen molar-refractivity contribution < 1.29 is 4.79 Å². The van der Waals surface area contributed by atoms with Gasteiger partial charge in [0, 0.05) is 6.54 Å². The highest BCUT2D eigenvalue weighted by Crippen LogP contribution is 2.29. The summed E-state index contributed by atoms with van der Waals surface area (Å²) in [4.78, 5) is 12.6. The number of hydrogen-bond donors (Lipinski definition) is 0. The lowest BCUT2D eigenvalue weighted by Crippen LogP contribution is -2.20. The van der Waals surface area contributed by atoms with Crippen LogP contribution in [0.15, 0.2) is 30.3 Å². The van der Waals surface area contributed by atoms with Gasteiger partial charge in [0.15, 0.2) is 0 Å². The Bertz CT molecular complexity index is 283. The molecular formula is C11H13NO. The Morgan fingerprint density at radius 3 is 2.77 bits per heavy atom. The molecule has 1 saturated heterocycles. The summed E-state index contributed by atoms with van der Waals surface area (Å²) >= 11 is 0. The zero-order valence-electron chi connectivity index (χ0n) is 7.52. The van der Waals surface area contributed by atoms with Crippen molar-refractivity contribution in [3.05, 3.63) is 35.9 Å². The van der Waals surface area contributed by atoms with Gasteiger partial charge in [-0.1, -0.05) is 30.3 Å². The van der Waals surface area contributed by atoms with Gasteiger partial charge in [0.2, 0.25) is 6.41 Å². The van der Waals surface area contributed by atoms with Crippen LogP contribution in [0.5, 0.6) is 0 Å². The number of hydrogen-bond acceptors (Lipinski definition) is 1. The second-order valence-corrected chi connectivity index (χ2v) is 3.41. The molecule has 13 heavy (non-hydrogen) atoms. The molecule has 0 aromatic heterocycles. The van der Waals surface area contributed by atoms with Crippen LogP contribution < -0.4 is 0 Å². The molecule has 1 aliphatic heterocycles. The standard InChI is InChI=1S/C11H13NO/c13-9-12-8-4-7-11(12)10-5-2-1-3-6-10/h1-3,5-6,9,11H,4,7-8H2/t11-/m0/s1. The molecule has 0 bridgehead atoms. The van der Waals surface area contributed by atoms with E-state index in [9.17, 15) is 4.79 Å². The fourth-order valence-electron chi connectivity index (χ4n) is 1.95. The Kier molecular flexibility index (Phi) is 2.30. The molecule has 2 rings (SSSR count). The Morgan fingerprint density at radius 2 is 2.08 bits per heavy atom. The van der Waals surface area contributed by atoms with Gasteiger partial charge < -0.3 is 4.90 Å². The molecular weight excluding hydrogens is 162 g/mol. The molecule has 1 fully saturated rings. The van der Waals surface area contributed by atoms with Gasteiger partial charge in [0.05, 0.1) is 6.04 Å². The minimum atomic E-state index is 0.318. The zero-order valence-corrected chi connectivity index (χ0v) is 7.52. The van der Waals surface area contributed by atoms with Crippen LogP contribution >= 0.6 is 0 Å². The number of carbonyl (C=O) groups is 1. The second-order valence-electron chi connectivity index (χ2n) is 3.41. The molecule has 0 radical (unpaired) electrons. The third-order valence-electron chi connectivity index (χ3n) is 2.61. The van der Waals surface area contributed by atoms with Gasteiger partial charge in [-0.05, 0) is 18.4 Å². The Hall–Kier alpha value is -1.31. The number of carbonyl (C=O) groups excluding carboxylic acids is 1. The maximum absolute atomic E-state index is 10.7. The summed E-state index contributed by atoms with van der Waals surface area (Å²) in [5.74, 6) is 0. The predicted octanol–water partition coefficient (Wildman–Crippen LogP) is 1.98. The SMILES string of the molecule is O=CN1CCC[C@H]1c1ccccc1. The monoisotopic (exact) mass is 175 g/mol. The summed E-state index contributed by atoms with van der Waals surface area (Å²) in [6.45, 7) is 0.906. The normalized spacial score (nSPS) is 21.8. The van der Waals surface area contributed by atoms with Crippen molar-refractivity contribution >= 4 is 6.41 Å². The van der Waals surface area contributed by atoms with Crippen LogP contribution in [0, 0.1) is 0 Å². The molecule has 0 saturated carbocycles. The van der Waals surface area contributed by atoms with Crippen molar-refractivity contribution in [3.63, 3.8) is 0 Å². The summed E-state index contributed by atoms with van der Waals surface area (Å²) in [7, 11) is 0. The van der Waals surface area contributed by atoms with Crippen LogP contribution in [0.25, 0.3) is 0 Å². The number of benzene rings is 1. The third-order valence-corrected chi connectivity index (χ3v) is 2.61. The topological polar surface area (TPSA) is 20.3 Å². The fourth-order valence-corrected chi connectivity index (χ4v) is 1.95. The van der Waals surface area contributed by atoms with E-state index in [1.807, 2.05) is 23.1 Å². The van der Waals surface area contributed by atoms with Crippen LogP contribution in [0.2, 0.25) is 0 Å². The maximum Gasteiger partial charge on any atom is 0.210 e. The number of nitrogens with zero attached hydrogens (tertiary/aromatic N) is 1. The molecule has 0 unspecified atom stereocenters. The molecule has 1 aromatic rings. The first-order chi connectivity index (χ1) is 6.42. The molecule has 1 atom stereocenters. The first-order valence-electron chi connectivity index (χ1n) is 4.68. The smallest absolute Gasteiger partial charge is 0.210 e. The fraction of sp³-hybridized carbons (Fsp3) is 0.364. The van der Waals surface area contributed by atoms with Crippen molar-refractivity contribution in [2.45, 2.75) is 18.9 Å². The van der Waals surface area contributed by atoms with E-state index < -0.39 is 0 Å². The lowest BCUT2D eigenvalue weighted by molar-refractivity contribution is -0.118. The van der Waals surface area contributed by atoms with Crippen LogP contribution in [-0.4, -0.2) is 17.9 Å². The number of rotatable bonds is 2. The predicted molar refractivity (Wildman–Crippen MR) is 51.2 cm³/mol. The largest absolute Gasteiger partial charge is 0.338 e. The van der Waals surface area contributed by atoms with Gasteiger partial charge in [-0.2, -0.15) is 0 Å². The average Bonchev–Trinajstić information content (AvgIpc) is 2.67. The second kappa shape index (κ2) is 3.60. The molecule has 0 spiro atoms. The van der Waals surface area contributed by atoms with E-state index in [2.05, 4.69) is 12.1 Å². The van der Waals surface area contributed by atoms with Crippen molar-refractivity contribution in [3.8, 4) is 0 Å². The van der Waals surface area contributed by atoms with E-state index >= 15 is 0 Å². The molecule has 1 aromatic carbocycles. The van der Waals surface area contributed by atoms with Gasteiger partial charge in [-0.15, -0.1) is 0 Å². The van der Waals surface area contributed by atoms with Crippen LogP contribution in [0.3, 0.4) is 0 Å². The van der Waals surface area contributed by atoms with E-state index in [4.69, 9.17) is 0 Å². The minimum Gasteiger partial charge on any atom is -0.338 e. The van der Waals surface area contributed by atoms with Crippen LogP contribution in [0.4, 0.5) is 0 Å². The number of amides is 1. The Morgan fingerprint density at radius 1 is 1.31 bits per heavy atom. The van der Waals surface area contributed by atoms with E-state index in [1.54, 1.807) is 0 Å². The first-order valence-corrected chi connectivity index (χ1v) is 4.68. The first kappa shape index (κ1) is 8.30. The average molecular weight is 175 g/mol. The number of likely N-dealkylation sites (tertiary alicyclic amines) is 1. The highest BCUT2D eigenvalue weighted by molar-refractivity contribution is 5.49. The molecule has 2 heteroatoms. The van der Waals surface area contributed by atoms with Gasteiger partial charge in [0.25, 0.3) is 0 Å². The van der Waals surface area contributed by atoms with E-state index in [0.717, 1.165) is 25.8 Å². The van der Waals surface area contributed by atoms with Crippen molar-refractivity contribution in [1.29, 1.82) is 0 Å². The third kappa shape index (κ3) is 1.57. The highest BCUT2D eigenvalue weighted by Gasteiger charge is 2.23. The lowest BCUT2D eigenvalue weighted by Gasteiger charge is -2.19. The molecule has 1 aliphatic rings. The quantitative estimate of drug-likeness (QED) is 0.629. The summed E-state index contributed by atoms with van der Waals surface area (Å²) in [6, 6.07) is 10.6. The van der Waals surface area contributed by atoms with E-state index in [-0.39, 0.29) is 0 Å². The Balaban J connectivity index is 2.21. The summed E-state index contributed by atoms with van der Waals surface area (Å²) in [5.41, 5.74) is 1.26. The van der Waals surface area contributed by atoms with Crippen molar-refractivity contribution in [1.82, 2.24) is 4.90 Å². The van der Waals surface area contributed by atoms with Crippen molar-refractivity contribution in [2.24, 2.45) is 0 Å². The van der Waals surface area contributed by atoms with Gasteiger partial charge in [-0.3, -0.25) is 4.79 Å². The van der Waals surface area contributed by atoms with Crippen molar-refractivity contribution in [2.75, 3.05) is 6.54 Å². The molecule has 2 nitrogen and oxygen atoms in total. The van der Waals surface area contributed by atoms with Gasteiger partial charge >= 0.3 is 0 Å². The lowest BCUT2D eigenvalue weighted by atomic mass is 10.1. The zero-order chi connectivity index (χ0) is 9.10. The summed E-state index contributed by atoms with van der Waals surface area (Å²) in [5, 5.41) is 0. The summed E-state index contributed by atoms with van der Waals surface area (Å²) < 4.78 is 0. The maximum atomic E-state index is 10.7. The molecule has 0 aliphatic carbocycles. The molecule has 1 amide bonds. The highest BCUT2D eigenvalue weighted by atomic mass is 16.1. The van der Waals surface area contributed by atoms with E-state index in [0.29, 0.717) is 6.04 Å². The minimum absolute atomic E-state index is 0.318. The van der Waals surface area contributed by atoms with Crippen LogP contribution in [-0.2, 0) is 4.79 Å².